The summed E-state index contributed by atoms with van der Waals surface area (Å²) in [5.74, 6) is -0.156. The maximum absolute atomic E-state index is 10.9. The van der Waals surface area contributed by atoms with Gasteiger partial charge in [-0.2, -0.15) is 0 Å². The van der Waals surface area contributed by atoms with Gasteiger partial charge in [-0.15, -0.1) is 0 Å². The minimum Gasteiger partial charge on any atom is -0.469 e. The molecule has 0 saturated heterocycles. The molecule has 4 heteroatoms. The van der Waals surface area contributed by atoms with Gasteiger partial charge in [0.15, 0.2) is 0 Å². The normalized spacial score (nSPS) is 11.1. The van der Waals surface area contributed by atoms with Crippen molar-refractivity contribution >= 4 is 11.9 Å². The Morgan fingerprint density at radius 1 is 0.421 bits per heavy atom. The summed E-state index contributed by atoms with van der Waals surface area (Å²) in [4.78, 5) is 21.8. The van der Waals surface area contributed by atoms with Gasteiger partial charge in [-0.3, -0.25) is 9.59 Å². The molecule has 224 valence electrons. The monoisotopic (exact) mass is 536 g/mol. The first-order chi connectivity index (χ1) is 18.6. The second kappa shape index (κ2) is 35.4. The van der Waals surface area contributed by atoms with Gasteiger partial charge in [0.1, 0.15) is 0 Å². The first-order valence-corrected chi connectivity index (χ1v) is 16.1. The number of methoxy groups -OCH3 is 2. The molecule has 0 unspecified atom stereocenters. The van der Waals surface area contributed by atoms with E-state index in [-0.39, 0.29) is 11.9 Å². The predicted octanol–water partition coefficient (Wildman–Crippen LogP) is 10.8. The maximum atomic E-state index is 10.9. The average molecular weight is 537 g/mol. The molecule has 0 amide bonds. The lowest BCUT2D eigenvalue weighted by Gasteiger charge is -2.00. The number of rotatable bonds is 26. The molecule has 0 bridgehead atoms. The van der Waals surface area contributed by atoms with Gasteiger partial charge >= 0.3 is 11.9 Å². The summed E-state index contributed by atoms with van der Waals surface area (Å²) in [5.41, 5.74) is 0. The van der Waals surface area contributed by atoms with E-state index in [0.29, 0.717) is 12.8 Å². The zero-order valence-electron chi connectivity index (χ0n) is 25.9. The summed E-state index contributed by atoms with van der Waals surface area (Å²) in [6.07, 6.45) is 38.1. The van der Waals surface area contributed by atoms with Crippen LogP contribution in [0.2, 0.25) is 0 Å². The van der Waals surface area contributed by atoms with E-state index in [1.807, 2.05) is 0 Å². The van der Waals surface area contributed by atoms with E-state index in [1.165, 1.54) is 130 Å². The van der Waals surface area contributed by atoms with Gasteiger partial charge in [-0.05, 0) is 64.2 Å². The van der Waals surface area contributed by atoms with E-state index in [0.717, 1.165) is 25.7 Å². The van der Waals surface area contributed by atoms with Crippen molar-refractivity contribution in [2.75, 3.05) is 14.2 Å². The molecule has 0 aromatic heterocycles. The molecule has 0 aliphatic heterocycles. The quantitative estimate of drug-likeness (QED) is 0.0626. The molecule has 0 spiro atoms. The van der Waals surface area contributed by atoms with Crippen LogP contribution in [-0.4, -0.2) is 26.2 Å². The van der Waals surface area contributed by atoms with Crippen LogP contribution in [0, 0.1) is 0 Å². The van der Waals surface area contributed by atoms with Gasteiger partial charge in [0.05, 0.1) is 14.2 Å². The van der Waals surface area contributed by atoms with Crippen molar-refractivity contribution in [1.29, 1.82) is 0 Å². The van der Waals surface area contributed by atoms with Crippen LogP contribution in [0.15, 0.2) is 24.3 Å². The SMILES string of the molecule is CCCCCC/C=C\CCCCCCCC(=O)OC.CCCCCC/C=C\CCCCCCCC(=O)OC. The van der Waals surface area contributed by atoms with Crippen molar-refractivity contribution < 1.29 is 19.1 Å². The Morgan fingerprint density at radius 3 is 0.974 bits per heavy atom. The van der Waals surface area contributed by atoms with E-state index in [1.54, 1.807) is 0 Å². The third-order valence-electron chi connectivity index (χ3n) is 6.74. The molecule has 0 heterocycles. The zero-order chi connectivity index (χ0) is 28.4. The molecule has 0 aliphatic carbocycles. The van der Waals surface area contributed by atoms with Crippen LogP contribution in [0.4, 0.5) is 0 Å². The minimum absolute atomic E-state index is 0.0778. The summed E-state index contributed by atoms with van der Waals surface area (Å²) in [6.45, 7) is 4.50. The van der Waals surface area contributed by atoms with Gasteiger partial charge in [0, 0.05) is 12.8 Å². The molecule has 0 saturated carbocycles. The van der Waals surface area contributed by atoms with Crippen molar-refractivity contribution in [2.24, 2.45) is 0 Å². The van der Waals surface area contributed by atoms with Gasteiger partial charge in [-0.1, -0.05) is 115 Å². The lowest BCUT2D eigenvalue weighted by molar-refractivity contribution is -0.141. The number of carbonyl (C=O) groups excluding carboxylic acids is 2. The molecule has 0 radical (unpaired) electrons. The Bertz CT molecular complexity index is 491. The van der Waals surface area contributed by atoms with Crippen molar-refractivity contribution in [3.05, 3.63) is 24.3 Å². The lowest BCUT2D eigenvalue weighted by Crippen LogP contribution is -1.98. The number of hydrogen-bond donors (Lipinski definition) is 0. The van der Waals surface area contributed by atoms with Crippen LogP contribution in [0.3, 0.4) is 0 Å². The molecule has 38 heavy (non-hydrogen) atoms. The van der Waals surface area contributed by atoms with Crippen molar-refractivity contribution in [3.8, 4) is 0 Å². The molecule has 0 rings (SSSR count). The largest absolute Gasteiger partial charge is 0.469 e. The Labute approximate surface area is 237 Å². The second-order valence-corrected chi connectivity index (χ2v) is 10.4. The van der Waals surface area contributed by atoms with E-state index >= 15 is 0 Å². The number of hydrogen-bond acceptors (Lipinski definition) is 4. The van der Waals surface area contributed by atoms with E-state index in [2.05, 4.69) is 47.6 Å². The topological polar surface area (TPSA) is 52.6 Å². The van der Waals surface area contributed by atoms with Crippen LogP contribution >= 0.6 is 0 Å². The summed E-state index contributed by atoms with van der Waals surface area (Å²) in [7, 11) is 2.91. The predicted molar refractivity (Wildman–Crippen MR) is 164 cm³/mol. The molecule has 0 atom stereocenters. The van der Waals surface area contributed by atoms with Crippen LogP contribution < -0.4 is 0 Å². The highest BCUT2D eigenvalue weighted by molar-refractivity contribution is 5.69. The fourth-order valence-electron chi connectivity index (χ4n) is 4.18. The fraction of sp³-hybridized carbons (Fsp3) is 0.824. The minimum atomic E-state index is -0.0778. The fourth-order valence-corrected chi connectivity index (χ4v) is 4.18. The highest BCUT2D eigenvalue weighted by atomic mass is 16.5. The Balaban J connectivity index is 0. The lowest BCUT2D eigenvalue weighted by atomic mass is 10.1. The molecule has 0 aliphatic rings. The molecule has 0 fully saturated rings. The smallest absolute Gasteiger partial charge is 0.305 e. The van der Waals surface area contributed by atoms with Gasteiger partial charge in [0.25, 0.3) is 0 Å². The van der Waals surface area contributed by atoms with Crippen molar-refractivity contribution in [2.45, 2.75) is 168 Å². The molecular formula is C34H64O4. The average Bonchev–Trinajstić information content (AvgIpc) is 2.93. The number of allylic oxidation sites excluding steroid dienone is 4. The second-order valence-electron chi connectivity index (χ2n) is 10.4. The Morgan fingerprint density at radius 2 is 0.684 bits per heavy atom. The van der Waals surface area contributed by atoms with E-state index in [9.17, 15) is 9.59 Å². The van der Waals surface area contributed by atoms with E-state index < -0.39 is 0 Å². The first kappa shape index (κ1) is 38.6. The number of unbranched alkanes of at least 4 members (excludes halogenated alkanes) is 18. The Hall–Kier alpha value is -1.58. The standard InChI is InChI=1S/2C17H32O2/c2*1-3-4-5-6-7-8-9-10-11-12-13-14-15-16-17(18)19-2/h2*8-9H,3-7,10-16H2,1-2H3/b2*9-8-. The van der Waals surface area contributed by atoms with Crippen LogP contribution in [0.5, 0.6) is 0 Å². The first-order valence-electron chi connectivity index (χ1n) is 16.1. The van der Waals surface area contributed by atoms with Gasteiger partial charge in [-0.25, -0.2) is 0 Å². The third kappa shape index (κ3) is 36.6. The number of carbonyl (C=O) groups is 2. The molecule has 4 nitrogen and oxygen atoms in total. The van der Waals surface area contributed by atoms with Crippen molar-refractivity contribution in [1.82, 2.24) is 0 Å². The number of esters is 2. The highest BCUT2D eigenvalue weighted by Gasteiger charge is 1.99. The van der Waals surface area contributed by atoms with Gasteiger partial charge < -0.3 is 9.47 Å². The number of ether oxygens (including phenoxy) is 2. The Kier molecular flexibility index (Phi) is 35.9. The molecule has 0 N–H and O–H groups in total. The van der Waals surface area contributed by atoms with E-state index in [4.69, 9.17) is 0 Å². The van der Waals surface area contributed by atoms with Gasteiger partial charge in [0.2, 0.25) is 0 Å². The van der Waals surface area contributed by atoms with Crippen molar-refractivity contribution in [3.63, 3.8) is 0 Å². The van der Waals surface area contributed by atoms with Crippen LogP contribution in [0.25, 0.3) is 0 Å². The molecule has 0 aromatic rings. The third-order valence-corrected chi connectivity index (χ3v) is 6.74. The molecular weight excluding hydrogens is 472 g/mol. The van der Waals surface area contributed by atoms with Crippen LogP contribution in [0.1, 0.15) is 168 Å². The summed E-state index contributed by atoms with van der Waals surface area (Å²) >= 11 is 0. The maximum Gasteiger partial charge on any atom is 0.305 e. The highest BCUT2D eigenvalue weighted by Crippen LogP contribution is 2.10. The summed E-state index contributed by atoms with van der Waals surface area (Å²) < 4.78 is 9.22. The van der Waals surface area contributed by atoms with Crippen LogP contribution in [-0.2, 0) is 19.1 Å². The summed E-state index contributed by atoms with van der Waals surface area (Å²) in [5, 5.41) is 0. The molecule has 0 aromatic carbocycles. The summed E-state index contributed by atoms with van der Waals surface area (Å²) in [6, 6.07) is 0. The zero-order valence-corrected chi connectivity index (χ0v) is 25.9.